The van der Waals surface area contributed by atoms with E-state index in [9.17, 15) is 19.5 Å². The zero-order valence-electron chi connectivity index (χ0n) is 15.5. The van der Waals surface area contributed by atoms with E-state index in [2.05, 4.69) is 10.3 Å². The van der Waals surface area contributed by atoms with Crippen molar-refractivity contribution in [2.75, 3.05) is 20.2 Å². The second-order valence-electron chi connectivity index (χ2n) is 6.27. The summed E-state index contributed by atoms with van der Waals surface area (Å²) in [5, 5.41) is 21.3. The van der Waals surface area contributed by atoms with Gasteiger partial charge < -0.3 is 25.2 Å². The van der Waals surface area contributed by atoms with Gasteiger partial charge in [-0.15, -0.1) is 0 Å². The van der Waals surface area contributed by atoms with Crippen molar-refractivity contribution in [3.8, 4) is 15.6 Å². The van der Waals surface area contributed by atoms with E-state index in [1.165, 1.54) is 16.2 Å². The third kappa shape index (κ3) is 4.72. The molecule has 0 saturated carbocycles. The number of aliphatic hydroxyl groups excluding tert-OH is 1. The maximum atomic E-state index is 12.6. The number of rotatable bonds is 7. The average molecular weight is 417 g/mol. The summed E-state index contributed by atoms with van der Waals surface area (Å²) >= 11 is 1.42. The van der Waals surface area contributed by atoms with Crippen molar-refractivity contribution in [2.45, 2.75) is 13.0 Å². The minimum absolute atomic E-state index is 0.125. The highest BCUT2D eigenvalue weighted by atomic mass is 32.1. The predicted molar refractivity (Wildman–Crippen MR) is 104 cm³/mol. The zero-order chi connectivity index (χ0) is 21.0. The number of aliphatic hydroxyl groups is 1. The predicted octanol–water partition coefficient (Wildman–Crippen LogP) is 1.56. The van der Waals surface area contributed by atoms with E-state index < -0.39 is 29.9 Å². The molecule has 3 N–H and O–H groups in total. The Morgan fingerprint density at radius 1 is 1.31 bits per heavy atom. The summed E-state index contributed by atoms with van der Waals surface area (Å²) in [5.41, 5.74) is 1.40. The van der Waals surface area contributed by atoms with Crippen LogP contribution in [0.2, 0.25) is 0 Å². The molecule has 2 amide bonds. The van der Waals surface area contributed by atoms with Crippen molar-refractivity contribution >= 4 is 29.1 Å². The Morgan fingerprint density at radius 3 is 2.66 bits per heavy atom. The first-order chi connectivity index (χ1) is 13.9. The first kappa shape index (κ1) is 20.3. The number of nitrogens with zero attached hydrogens (tertiary/aromatic N) is 2. The summed E-state index contributed by atoms with van der Waals surface area (Å²) in [4.78, 5) is 41.9. The number of hydrogen-bond acceptors (Lipinski definition) is 7. The van der Waals surface area contributed by atoms with E-state index in [1.807, 2.05) is 24.3 Å². The molecule has 10 heteroatoms. The van der Waals surface area contributed by atoms with Crippen LogP contribution in [0.3, 0.4) is 0 Å². The van der Waals surface area contributed by atoms with Crippen molar-refractivity contribution in [2.24, 2.45) is 0 Å². The lowest BCUT2D eigenvalue weighted by atomic mass is 10.0. The third-order valence-electron chi connectivity index (χ3n) is 4.31. The molecule has 1 aromatic heterocycles. The number of amides is 2. The first-order valence-electron chi connectivity index (χ1n) is 8.69. The quantitative estimate of drug-likeness (QED) is 0.583. The number of methoxy groups -OCH3 is 1. The molecular weight excluding hydrogens is 398 g/mol. The van der Waals surface area contributed by atoms with Crippen molar-refractivity contribution < 1.29 is 29.3 Å². The summed E-state index contributed by atoms with van der Waals surface area (Å²) in [6, 6.07) is 7.56. The molecule has 2 aromatic rings. The van der Waals surface area contributed by atoms with Crippen LogP contribution in [0.1, 0.15) is 12.0 Å². The summed E-state index contributed by atoms with van der Waals surface area (Å²) in [6.45, 7) is -0.116. The number of thiazole rings is 1. The Hall–Kier alpha value is -3.40. The average Bonchev–Trinajstić information content (AvgIpc) is 3.18. The highest BCUT2D eigenvalue weighted by molar-refractivity contribution is 7.16. The number of carbonyl (C=O) groups excluding carboxylic acids is 2. The summed E-state index contributed by atoms with van der Waals surface area (Å²) in [5.74, 6) is -3.09. The van der Waals surface area contributed by atoms with Gasteiger partial charge in [-0.25, -0.2) is 4.98 Å². The van der Waals surface area contributed by atoms with Crippen LogP contribution in [0.5, 0.6) is 5.19 Å². The van der Waals surface area contributed by atoms with Gasteiger partial charge >= 0.3 is 5.97 Å². The Kier molecular flexibility index (Phi) is 6.13. The van der Waals surface area contributed by atoms with Gasteiger partial charge in [-0.2, -0.15) is 0 Å². The van der Waals surface area contributed by atoms with Gasteiger partial charge in [-0.1, -0.05) is 35.6 Å². The Balaban J connectivity index is 1.69. The van der Waals surface area contributed by atoms with Crippen LogP contribution in [0.15, 0.2) is 41.8 Å². The van der Waals surface area contributed by atoms with Crippen LogP contribution in [0, 0.1) is 0 Å². The smallest absolute Gasteiger partial charge is 0.322 e. The van der Waals surface area contributed by atoms with Crippen molar-refractivity contribution in [3.05, 3.63) is 47.4 Å². The minimum atomic E-state index is -1.24. The molecule has 0 saturated heterocycles. The van der Waals surface area contributed by atoms with Gasteiger partial charge in [0.15, 0.2) is 0 Å². The third-order valence-corrected chi connectivity index (χ3v) is 5.31. The number of aliphatic carboxylic acids is 1. The van der Waals surface area contributed by atoms with Gasteiger partial charge in [-0.05, 0) is 11.1 Å². The lowest BCUT2D eigenvalue weighted by molar-refractivity contribution is -0.138. The molecule has 29 heavy (non-hydrogen) atoms. The molecule has 3 rings (SSSR count). The highest BCUT2D eigenvalue weighted by Gasteiger charge is 2.32. The molecule has 0 radical (unpaired) electrons. The molecule has 9 nitrogen and oxygen atoms in total. The molecule has 0 unspecified atom stereocenters. The maximum absolute atomic E-state index is 12.6. The minimum Gasteiger partial charge on any atom is -0.511 e. The summed E-state index contributed by atoms with van der Waals surface area (Å²) < 4.78 is 5.09. The number of benzene rings is 1. The number of carbonyl (C=O) groups is 3. The number of aromatic nitrogens is 1. The van der Waals surface area contributed by atoms with E-state index in [1.54, 1.807) is 13.3 Å². The number of carboxylic acids is 1. The summed E-state index contributed by atoms with van der Waals surface area (Å²) in [7, 11) is 1.56. The van der Waals surface area contributed by atoms with Crippen molar-refractivity contribution in [1.82, 2.24) is 15.2 Å². The molecule has 0 aliphatic carbocycles. The molecule has 152 valence electrons. The normalized spacial score (nSPS) is 14.1. The maximum Gasteiger partial charge on any atom is 0.322 e. The molecular formula is C19H19N3O6S. The van der Waals surface area contributed by atoms with Crippen LogP contribution in [-0.2, 0) is 20.9 Å². The molecule has 0 bridgehead atoms. The lowest BCUT2D eigenvalue weighted by Gasteiger charge is -2.28. The number of hydrogen-bond donors (Lipinski definition) is 3. The van der Waals surface area contributed by atoms with Gasteiger partial charge in [-0.3, -0.25) is 14.4 Å². The van der Waals surface area contributed by atoms with Crippen LogP contribution in [-0.4, -0.2) is 58.1 Å². The van der Waals surface area contributed by atoms with Crippen molar-refractivity contribution in [3.63, 3.8) is 0 Å². The van der Waals surface area contributed by atoms with E-state index in [0.29, 0.717) is 5.19 Å². The topological polar surface area (TPSA) is 129 Å². The molecule has 1 aliphatic rings. The largest absolute Gasteiger partial charge is 0.511 e. The molecule has 0 fully saturated rings. The standard InChI is InChI=1S/C19H19N3O6S/c1-28-19-21-8-14(29-19)12-4-2-11(3-5-12)10-22-7-6-13(23)16(18(22)27)17(26)20-9-15(24)25/h2-5,8,23H,6-7,9-10H2,1H3,(H,20,26)(H,24,25). The number of ether oxygens (including phenoxy) is 1. The molecule has 2 heterocycles. The van der Waals surface area contributed by atoms with Crippen LogP contribution in [0.25, 0.3) is 10.4 Å². The monoisotopic (exact) mass is 417 g/mol. The Morgan fingerprint density at radius 2 is 2.03 bits per heavy atom. The molecule has 1 aromatic carbocycles. The highest BCUT2D eigenvalue weighted by Crippen LogP contribution is 2.30. The van der Waals surface area contributed by atoms with Crippen LogP contribution < -0.4 is 10.1 Å². The lowest BCUT2D eigenvalue weighted by Crippen LogP contribution is -2.43. The van der Waals surface area contributed by atoms with Gasteiger partial charge in [0, 0.05) is 25.7 Å². The van der Waals surface area contributed by atoms with E-state index in [-0.39, 0.29) is 25.3 Å². The van der Waals surface area contributed by atoms with E-state index in [4.69, 9.17) is 9.84 Å². The molecule has 0 spiro atoms. The summed E-state index contributed by atoms with van der Waals surface area (Å²) in [6.07, 6.45) is 1.85. The molecule has 1 aliphatic heterocycles. The second-order valence-corrected chi connectivity index (χ2v) is 7.26. The number of nitrogens with one attached hydrogen (secondary N) is 1. The Bertz CT molecular complexity index is 967. The number of carboxylic acid groups (broad SMARTS) is 1. The van der Waals surface area contributed by atoms with E-state index in [0.717, 1.165) is 16.0 Å². The Labute approximate surface area is 170 Å². The van der Waals surface area contributed by atoms with Crippen molar-refractivity contribution in [1.29, 1.82) is 0 Å². The van der Waals surface area contributed by atoms with Crippen LogP contribution >= 0.6 is 11.3 Å². The van der Waals surface area contributed by atoms with Gasteiger partial charge in [0.1, 0.15) is 17.9 Å². The van der Waals surface area contributed by atoms with Crippen LogP contribution in [0.4, 0.5) is 0 Å². The zero-order valence-corrected chi connectivity index (χ0v) is 16.4. The SMILES string of the molecule is COc1ncc(-c2ccc(CN3CCC(O)=C(C(=O)NCC(=O)O)C3=O)cc2)s1. The fraction of sp³-hybridized carbons (Fsp3) is 0.263. The van der Waals surface area contributed by atoms with Gasteiger partial charge in [0.2, 0.25) is 0 Å². The van der Waals surface area contributed by atoms with Gasteiger partial charge in [0.25, 0.3) is 17.0 Å². The molecule has 0 atom stereocenters. The fourth-order valence-electron chi connectivity index (χ4n) is 2.85. The first-order valence-corrected chi connectivity index (χ1v) is 9.51. The fourth-order valence-corrected chi connectivity index (χ4v) is 3.59. The van der Waals surface area contributed by atoms with Gasteiger partial charge in [0.05, 0.1) is 12.0 Å². The second kappa shape index (κ2) is 8.74. The van der Waals surface area contributed by atoms with E-state index >= 15 is 0 Å².